The molecule has 94 valence electrons. The fraction of sp³-hybridized carbons (Fsp3) is 0.182. The van der Waals surface area contributed by atoms with Crippen molar-refractivity contribution in [2.75, 3.05) is 0 Å². The summed E-state index contributed by atoms with van der Waals surface area (Å²) >= 11 is 5.76. The van der Waals surface area contributed by atoms with Crippen molar-refractivity contribution in [3.8, 4) is 0 Å². The molecule has 0 fully saturated rings. The second-order valence-corrected chi connectivity index (χ2v) is 3.90. The molecule has 5 nitrogen and oxygen atoms in total. The van der Waals surface area contributed by atoms with Crippen molar-refractivity contribution in [2.45, 2.75) is 13.5 Å². The molecular formula is C11H9ClFN3O2. The second-order valence-electron chi connectivity index (χ2n) is 3.49. The third-order valence-electron chi connectivity index (χ3n) is 2.16. The van der Waals surface area contributed by atoms with E-state index in [1.165, 1.54) is 12.1 Å². The first-order chi connectivity index (χ1) is 8.58. The molecule has 0 unspecified atom stereocenters. The summed E-state index contributed by atoms with van der Waals surface area (Å²) < 4.78 is 18.5. The van der Waals surface area contributed by atoms with Gasteiger partial charge < -0.3 is 9.73 Å². The van der Waals surface area contributed by atoms with Gasteiger partial charge in [0.15, 0.2) is 0 Å². The summed E-state index contributed by atoms with van der Waals surface area (Å²) in [6, 6.07) is 4.03. The highest BCUT2D eigenvalue weighted by Crippen LogP contribution is 2.18. The Morgan fingerprint density at radius 2 is 2.28 bits per heavy atom. The number of nitrogens with one attached hydrogen (secondary N) is 1. The first kappa shape index (κ1) is 12.5. The summed E-state index contributed by atoms with van der Waals surface area (Å²) in [5.74, 6) is -0.674. The maximum Gasteiger partial charge on any atom is 0.256 e. The Hall–Kier alpha value is -1.95. The molecule has 0 aliphatic heterocycles. The average molecular weight is 270 g/mol. The molecule has 0 bridgehead atoms. The molecule has 0 spiro atoms. The summed E-state index contributed by atoms with van der Waals surface area (Å²) in [7, 11) is 0. The summed E-state index contributed by atoms with van der Waals surface area (Å²) in [6.45, 7) is 1.65. The molecular weight excluding hydrogens is 261 g/mol. The monoisotopic (exact) mass is 269 g/mol. The van der Waals surface area contributed by atoms with E-state index in [1.54, 1.807) is 6.92 Å². The number of rotatable bonds is 3. The molecule has 1 aromatic carbocycles. The van der Waals surface area contributed by atoms with Crippen LogP contribution in [-0.4, -0.2) is 16.1 Å². The van der Waals surface area contributed by atoms with E-state index in [0.29, 0.717) is 5.89 Å². The number of halogens is 2. The highest BCUT2D eigenvalue weighted by molar-refractivity contribution is 6.33. The minimum absolute atomic E-state index is 0.0182. The van der Waals surface area contributed by atoms with Crippen molar-refractivity contribution in [3.05, 3.63) is 46.4 Å². The Labute approximate surface area is 107 Å². The van der Waals surface area contributed by atoms with Gasteiger partial charge in [0.25, 0.3) is 5.91 Å². The van der Waals surface area contributed by atoms with E-state index >= 15 is 0 Å². The summed E-state index contributed by atoms with van der Waals surface area (Å²) in [6.07, 6.45) is 0. The van der Waals surface area contributed by atoms with Crippen LogP contribution in [-0.2, 0) is 6.54 Å². The normalized spacial score (nSPS) is 10.4. The molecule has 2 rings (SSSR count). The zero-order valence-electron chi connectivity index (χ0n) is 9.41. The van der Waals surface area contributed by atoms with Gasteiger partial charge in [-0.2, -0.15) is 0 Å². The van der Waals surface area contributed by atoms with Gasteiger partial charge in [0.05, 0.1) is 17.1 Å². The van der Waals surface area contributed by atoms with E-state index in [1.807, 2.05) is 0 Å². The Kier molecular flexibility index (Phi) is 3.57. The summed E-state index contributed by atoms with van der Waals surface area (Å²) in [5, 5.41) is 9.80. The Balaban J connectivity index is 2.08. The topological polar surface area (TPSA) is 68.0 Å². The van der Waals surface area contributed by atoms with Crippen LogP contribution in [0, 0.1) is 12.7 Å². The number of aryl methyl sites for hydroxylation is 1. The van der Waals surface area contributed by atoms with Crippen LogP contribution in [0.3, 0.4) is 0 Å². The maximum absolute atomic E-state index is 13.4. The molecule has 0 aliphatic carbocycles. The van der Waals surface area contributed by atoms with Crippen molar-refractivity contribution in [2.24, 2.45) is 0 Å². The van der Waals surface area contributed by atoms with Gasteiger partial charge in [-0.1, -0.05) is 17.7 Å². The van der Waals surface area contributed by atoms with Crippen molar-refractivity contribution >= 4 is 17.5 Å². The number of nitrogens with zero attached hydrogens (tertiary/aromatic N) is 2. The predicted molar refractivity (Wildman–Crippen MR) is 61.6 cm³/mol. The molecule has 1 heterocycles. The quantitative estimate of drug-likeness (QED) is 0.926. The van der Waals surface area contributed by atoms with E-state index in [9.17, 15) is 9.18 Å². The van der Waals surface area contributed by atoms with Crippen LogP contribution >= 0.6 is 11.6 Å². The van der Waals surface area contributed by atoms with E-state index in [0.717, 1.165) is 6.07 Å². The van der Waals surface area contributed by atoms with Crippen LogP contribution in [0.5, 0.6) is 0 Å². The molecule has 0 saturated heterocycles. The van der Waals surface area contributed by atoms with E-state index in [2.05, 4.69) is 15.5 Å². The first-order valence-corrected chi connectivity index (χ1v) is 5.47. The predicted octanol–water partition coefficient (Wildman–Crippen LogP) is 2.10. The lowest BCUT2D eigenvalue weighted by Crippen LogP contribution is -2.24. The Bertz CT molecular complexity index is 565. The number of aromatic nitrogens is 2. The van der Waals surface area contributed by atoms with Gasteiger partial charge in [0, 0.05) is 6.92 Å². The molecule has 7 heteroatoms. The van der Waals surface area contributed by atoms with Gasteiger partial charge >= 0.3 is 0 Å². The van der Waals surface area contributed by atoms with E-state index in [4.69, 9.17) is 16.0 Å². The highest BCUT2D eigenvalue weighted by atomic mass is 35.5. The highest BCUT2D eigenvalue weighted by Gasteiger charge is 2.16. The zero-order chi connectivity index (χ0) is 13.1. The van der Waals surface area contributed by atoms with Crippen LogP contribution in [0.2, 0.25) is 5.02 Å². The Morgan fingerprint density at radius 1 is 1.50 bits per heavy atom. The lowest BCUT2D eigenvalue weighted by Gasteiger charge is -2.05. The molecule has 18 heavy (non-hydrogen) atoms. The zero-order valence-corrected chi connectivity index (χ0v) is 10.2. The summed E-state index contributed by atoms with van der Waals surface area (Å²) in [4.78, 5) is 11.7. The van der Waals surface area contributed by atoms with Crippen LogP contribution in [0.1, 0.15) is 22.1 Å². The molecule has 1 N–H and O–H groups in total. The van der Waals surface area contributed by atoms with Crippen molar-refractivity contribution in [1.82, 2.24) is 15.5 Å². The van der Waals surface area contributed by atoms with Crippen LogP contribution in [0.4, 0.5) is 4.39 Å². The lowest BCUT2D eigenvalue weighted by atomic mass is 10.2. The maximum atomic E-state index is 13.4. The molecule has 2 aromatic rings. The molecule has 0 atom stereocenters. The fourth-order valence-corrected chi connectivity index (χ4v) is 1.62. The first-order valence-electron chi connectivity index (χ1n) is 5.09. The smallest absolute Gasteiger partial charge is 0.256 e. The van der Waals surface area contributed by atoms with Crippen LogP contribution in [0.15, 0.2) is 22.6 Å². The molecule has 0 radical (unpaired) electrons. The lowest BCUT2D eigenvalue weighted by molar-refractivity contribution is 0.0943. The van der Waals surface area contributed by atoms with Gasteiger partial charge in [-0.15, -0.1) is 10.2 Å². The second kappa shape index (κ2) is 5.14. The SMILES string of the molecule is Cc1nnc(CNC(=O)c2c(F)cccc2Cl)o1. The van der Waals surface area contributed by atoms with E-state index < -0.39 is 11.7 Å². The fourth-order valence-electron chi connectivity index (χ4n) is 1.37. The van der Waals surface area contributed by atoms with Crippen molar-refractivity contribution in [3.63, 3.8) is 0 Å². The number of amides is 1. The number of hydrogen-bond donors (Lipinski definition) is 1. The van der Waals surface area contributed by atoms with Gasteiger partial charge in [0.1, 0.15) is 5.82 Å². The number of carbonyl (C=O) groups excluding carboxylic acids is 1. The average Bonchev–Trinajstić information content (AvgIpc) is 2.72. The van der Waals surface area contributed by atoms with Crippen molar-refractivity contribution in [1.29, 1.82) is 0 Å². The largest absolute Gasteiger partial charge is 0.424 e. The third kappa shape index (κ3) is 2.65. The van der Waals surface area contributed by atoms with Crippen LogP contribution in [0.25, 0.3) is 0 Å². The number of hydrogen-bond acceptors (Lipinski definition) is 4. The number of carbonyl (C=O) groups is 1. The Morgan fingerprint density at radius 3 is 2.89 bits per heavy atom. The van der Waals surface area contributed by atoms with Gasteiger partial charge in [0.2, 0.25) is 11.8 Å². The molecule has 0 saturated carbocycles. The van der Waals surface area contributed by atoms with Gasteiger partial charge in [-0.05, 0) is 12.1 Å². The van der Waals surface area contributed by atoms with Crippen molar-refractivity contribution < 1.29 is 13.6 Å². The van der Waals surface area contributed by atoms with Crippen LogP contribution < -0.4 is 5.32 Å². The minimum atomic E-state index is -0.679. The third-order valence-corrected chi connectivity index (χ3v) is 2.47. The molecule has 0 aliphatic rings. The summed E-state index contributed by atoms with van der Waals surface area (Å²) in [5.41, 5.74) is -0.199. The minimum Gasteiger partial charge on any atom is -0.424 e. The standard InChI is InChI=1S/C11H9ClFN3O2/c1-6-15-16-9(18-6)5-14-11(17)10-7(12)3-2-4-8(10)13/h2-4H,5H2,1H3,(H,14,17). The van der Waals surface area contributed by atoms with Gasteiger partial charge in [-0.25, -0.2) is 4.39 Å². The molecule has 1 amide bonds. The number of benzene rings is 1. The molecule has 1 aromatic heterocycles. The van der Waals surface area contributed by atoms with Gasteiger partial charge in [-0.3, -0.25) is 4.79 Å². The van der Waals surface area contributed by atoms with E-state index in [-0.39, 0.29) is 23.0 Å².